The summed E-state index contributed by atoms with van der Waals surface area (Å²) in [6.07, 6.45) is 4.85. The number of aromatic carboxylic acids is 1. The molecule has 0 fully saturated rings. The summed E-state index contributed by atoms with van der Waals surface area (Å²) >= 11 is 0. The molecule has 1 N–H and O–H groups in total. The van der Waals surface area contributed by atoms with Crippen molar-refractivity contribution in [3.05, 3.63) is 83.5 Å². The fourth-order valence-electron chi connectivity index (χ4n) is 3.43. The van der Waals surface area contributed by atoms with Crippen LogP contribution in [0.25, 0.3) is 11.1 Å². The maximum Gasteiger partial charge on any atom is 0.336 e. The lowest BCUT2D eigenvalue weighted by atomic mass is 9.98. The monoisotopic (exact) mass is 439 g/mol. The van der Waals surface area contributed by atoms with Gasteiger partial charge in [0.2, 0.25) is 5.82 Å². The Kier molecular flexibility index (Phi) is 7.51. The van der Waals surface area contributed by atoms with Crippen molar-refractivity contribution in [1.29, 1.82) is 0 Å². The van der Waals surface area contributed by atoms with Crippen molar-refractivity contribution in [2.75, 3.05) is 0 Å². The normalized spacial score (nSPS) is 11.9. The molecule has 1 aromatic heterocycles. The second-order valence-electron chi connectivity index (χ2n) is 7.64. The number of carboxylic acid groups (broad SMARTS) is 1. The Hall–Kier alpha value is -3.35. The van der Waals surface area contributed by atoms with Crippen molar-refractivity contribution < 1.29 is 18.7 Å². The summed E-state index contributed by atoms with van der Waals surface area (Å²) in [4.78, 5) is 15.7. The van der Waals surface area contributed by atoms with Crippen molar-refractivity contribution in [2.45, 2.75) is 52.0 Å². The predicted octanol–water partition coefficient (Wildman–Crippen LogP) is 6.09. The van der Waals surface area contributed by atoms with Gasteiger partial charge in [-0.3, -0.25) is 0 Å². The lowest BCUT2D eigenvalue weighted by Gasteiger charge is -2.11. The Morgan fingerprint density at radius 3 is 2.53 bits per heavy atom. The van der Waals surface area contributed by atoms with E-state index in [0.29, 0.717) is 37.2 Å². The molecule has 32 heavy (non-hydrogen) atoms. The highest BCUT2D eigenvalue weighted by Crippen LogP contribution is 2.31. The molecular weight excluding hydrogens is 412 g/mol. The van der Waals surface area contributed by atoms with Gasteiger partial charge >= 0.3 is 11.9 Å². The maximum atomic E-state index is 14.5. The van der Waals surface area contributed by atoms with Crippen molar-refractivity contribution in [1.82, 2.24) is 14.8 Å². The Balaban J connectivity index is 1.87. The van der Waals surface area contributed by atoms with E-state index in [0.717, 1.165) is 11.1 Å². The second kappa shape index (κ2) is 10.3. The quantitative estimate of drug-likeness (QED) is 0.388. The average molecular weight is 440 g/mol. The molecule has 5 nitrogen and oxygen atoms in total. The number of carboxylic acids is 1. The smallest absolute Gasteiger partial charge is 0.336 e. The van der Waals surface area contributed by atoms with Crippen LogP contribution in [0.3, 0.4) is 0 Å². The lowest BCUT2D eigenvalue weighted by Crippen LogP contribution is -2.16. The summed E-state index contributed by atoms with van der Waals surface area (Å²) < 4.78 is 30.6. The molecule has 168 valence electrons. The zero-order valence-electron chi connectivity index (χ0n) is 18.3. The molecule has 0 bridgehead atoms. The SMILES string of the molecule is CC=CCn1nc(C(F)(F)CCCC)nc1Cc1ccc(-c2ccccc2C(=O)O)cc1. The van der Waals surface area contributed by atoms with Crippen molar-refractivity contribution in [3.8, 4) is 11.1 Å². The minimum atomic E-state index is -3.06. The predicted molar refractivity (Wildman–Crippen MR) is 120 cm³/mol. The summed E-state index contributed by atoms with van der Waals surface area (Å²) in [7, 11) is 0. The van der Waals surface area contributed by atoms with E-state index >= 15 is 0 Å². The Morgan fingerprint density at radius 1 is 1.16 bits per heavy atom. The number of aromatic nitrogens is 3. The van der Waals surface area contributed by atoms with Crippen LogP contribution in [0.4, 0.5) is 8.78 Å². The van der Waals surface area contributed by atoms with Gasteiger partial charge in [0.15, 0.2) is 0 Å². The second-order valence-corrected chi connectivity index (χ2v) is 7.64. The molecular formula is C25H27F2N3O2. The van der Waals surface area contributed by atoms with Gasteiger partial charge in [0.05, 0.1) is 12.1 Å². The van der Waals surface area contributed by atoms with Crippen molar-refractivity contribution in [3.63, 3.8) is 0 Å². The third-order valence-corrected chi connectivity index (χ3v) is 5.22. The Bertz CT molecular complexity index is 1090. The third kappa shape index (κ3) is 5.46. The lowest BCUT2D eigenvalue weighted by molar-refractivity contribution is -0.0245. The number of hydrogen-bond donors (Lipinski definition) is 1. The molecule has 0 radical (unpaired) electrons. The van der Waals surface area contributed by atoms with Gasteiger partial charge in [-0.15, -0.1) is 5.10 Å². The first-order chi connectivity index (χ1) is 15.4. The van der Waals surface area contributed by atoms with E-state index < -0.39 is 17.7 Å². The van der Waals surface area contributed by atoms with Crippen LogP contribution in [0, 0.1) is 0 Å². The van der Waals surface area contributed by atoms with Gasteiger partial charge in [-0.25, -0.2) is 14.5 Å². The van der Waals surface area contributed by atoms with Crippen LogP contribution in [0.15, 0.2) is 60.7 Å². The van der Waals surface area contributed by atoms with E-state index in [2.05, 4.69) is 10.1 Å². The molecule has 2 aromatic carbocycles. The average Bonchev–Trinajstić information content (AvgIpc) is 3.20. The highest BCUT2D eigenvalue weighted by molar-refractivity contribution is 5.95. The first-order valence-electron chi connectivity index (χ1n) is 10.7. The van der Waals surface area contributed by atoms with Crippen LogP contribution in [-0.4, -0.2) is 25.8 Å². The van der Waals surface area contributed by atoms with E-state index in [1.165, 1.54) is 4.68 Å². The largest absolute Gasteiger partial charge is 0.478 e. The standard InChI is InChI=1S/C25H27F2N3O2/c1-3-5-15-25(26,27)24-28-22(30(29-24)16-6-4-2)17-18-11-13-19(14-12-18)20-9-7-8-10-21(20)23(31)32/h4,6-14H,3,5,15-17H2,1-2H3,(H,31,32). The Morgan fingerprint density at radius 2 is 1.88 bits per heavy atom. The van der Waals surface area contributed by atoms with Gasteiger partial charge in [0, 0.05) is 12.8 Å². The van der Waals surface area contributed by atoms with E-state index in [4.69, 9.17) is 0 Å². The van der Waals surface area contributed by atoms with E-state index in [-0.39, 0.29) is 12.0 Å². The summed E-state index contributed by atoms with van der Waals surface area (Å²) in [6, 6.07) is 14.2. The zero-order chi connectivity index (χ0) is 23.1. The topological polar surface area (TPSA) is 68.0 Å². The highest BCUT2D eigenvalue weighted by Gasteiger charge is 2.36. The molecule has 7 heteroatoms. The molecule has 0 spiro atoms. The first-order valence-corrected chi connectivity index (χ1v) is 10.7. The molecule has 0 saturated carbocycles. The number of unbranched alkanes of at least 4 members (excludes halogenated alkanes) is 1. The third-order valence-electron chi connectivity index (χ3n) is 5.22. The number of nitrogens with zero attached hydrogens (tertiary/aromatic N) is 3. The summed E-state index contributed by atoms with van der Waals surface area (Å²) in [5, 5.41) is 13.5. The van der Waals surface area contributed by atoms with Gasteiger partial charge in [0.25, 0.3) is 0 Å². The van der Waals surface area contributed by atoms with Gasteiger partial charge in [0.1, 0.15) is 5.82 Å². The van der Waals surface area contributed by atoms with Gasteiger partial charge in [-0.05, 0) is 36.1 Å². The number of allylic oxidation sites excluding steroid dienone is 2. The van der Waals surface area contributed by atoms with Crippen molar-refractivity contribution >= 4 is 5.97 Å². The van der Waals surface area contributed by atoms with Crippen LogP contribution in [0.2, 0.25) is 0 Å². The Labute approximate surface area is 186 Å². The van der Waals surface area contributed by atoms with E-state index in [9.17, 15) is 18.7 Å². The number of halogens is 2. The molecule has 0 unspecified atom stereocenters. The minimum Gasteiger partial charge on any atom is -0.478 e. The maximum absolute atomic E-state index is 14.5. The number of carbonyl (C=O) groups is 1. The number of hydrogen-bond acceptors (Lipinski definition) is 3. The number of benzene rings is 2. The molecule has 0 saturated heterocycles. The zero-order valence-corrected chi connectivity index (χ0v) is 18.3. The molecule has 0 amide bonds. The van der Waals surface area contributed by atoms with Gasteiger partial charge < -0.3 is 5.11 Å². The first kappa shape index (κ1) is 23.3. The van der Waals surface area contributed by atoms with Crippen LogP contribution in [-0.2, 0) is 18.9 Å². The van der Waals surface area contributed by atoms with Crippen LogP contribution < -0.4 is 0 Å². The van der Waals surface area contributed by atoms with Crippen LogP contribution in [0.5, 0.6) is 0 Å². The number of rotatable bonds is 10. The highest BCUT2D eigenvalue weighted by atomic mass is 19.3. The molecule has 1 heterocycles. The molecule has 3 aromatic rings. The molecule has 0 aliphatic rings. The van der Waals surface area contributed by atoms with E-state index in [1.807, 2.05) is 50.3 Å². The molecule has 0 aliphatic carbocycles. The van der Waals surface area contributed by atoms with Crippen LogP contribution in [0.1, 0.15) is 60.7 Å². The summed E-state index contributed by atoms with van der Waals surface area (Å²) in [6.45, 7) is 4.10. The molecule has 0 atom stereocenters. The fraction of sp³-hybridized carbons (Fsp3) is 0.320. The van der Waals surface area contributed by atoms with Crippen molar-refractivity contribution in [2.24, 2.45) is 0 Å². The number of alkyl halides is 2. The molecule has 0 aliphatic heterocycles. The van der Waals surface area contributed by atoms with Gasteiger partial charge in [-0.2, -0.15) is 8.78 Å². The summed E-state index contributed by atoms with van der Waals surface area (Å²) in [5.74, 6) is -4.01. The molecule has 3 rings (SSSR count). The van der Waals surface area contributed by atoms with E-state index in [1.54, 1.807) is 24.3 Å². The van der Waals surface area contributed by atoms with Gasteiger partial charge in [-0.1, -0.05) is 68.0 Å². The van der Waals surface area contributed by atoms with Crippen LogP contribution >= 0.6 is 0 Å². The summed E-state index contributed by atoms with van der Waals surface area (Å²) in [5.41, 5.74) is 2.50. The fourth-order valence-corrected chi connectivity index (χ4v) is 3.43. The minimum absolute atomic E-state index is 0.227.